The van der Waals surface area contributed by atoms with E-state index in [2.05, 4.69) is 25.4 Å². The van der Waals surface area contributed by atoms with Crippen molar-refractivity contribution in [1.29, 1.82) is 0 Å². The van der Waals surface area contributed by atoms with Gasteiger partial charge in [0.2, 0.25) is 5.28 Å². The van der Waals surface area contributed by atoms with Crippen LogP contribution >= 0.6 is 34.2 Å². The SMILES string of the molecule is Fc1cnc(Cl)nc1-c1n[nH]nc1I. The Morgan fingerprint density at radius 2 is 2.14 bits per heavy atom. The van der Waals surface area contributed by atoms with E-state index in [0.29, 0.717) is 9.39 Å². The predicted octanol–water partition coefficient (Wildman–Crippen LogP) is 1.66. The lowest BCUT2D eigenvalue weighted by Crippen LogP contribution is -1.94. The summed E-state index contributed by atoms with van der Waals surface area (Å²) in [5.41, 5.74) is 0.371. The lowest BCUT2D eigenvalue weighted by molar-refractivity contribution is 0.617. The Balaban J connectivity index is 2.62. The standard InChI is InChI=1S/C6H2ClFIN5/c7-6-10-1-2(8)3(11-6)4-5(9)13-14-12-4/h1H,(H,12,13,14). The Kier molecular flexibility index (Phi) is 2.59. The fourth-order valence-electron chi connectivity index (χ4n) is 0.880. The highest BCUT2D eigenvalue weighted by Gasteiger charge is 2.15. The van der Waals surface area contributed by atoms with Crippen LogP contribution in [0.4, 0.5) is 4.39 Å². The van der Waals surface area contributed by atoms with Crippen LogP contribution in [0, 0.1) is 9.52 Å². The molecule has 0 aliphatic rings. The Bertz CT molecular complexity index is 473. The molecule has 0 fully saturated rings. The molecule has 0 saturated carbocycles. The lowest BCUT2D eigenvalue weighted by Gasteiger charge is -1.97. The van der Waals surface area contributed by atoms with E-state index in [1.54, 1.807) is 0 Å². The monoisotopic (exact) mass is 325 g/mol. The number of H-pyrrole nitrogens is 1. The maximum absolute atomic E-state index is 13.2. The van der Waals surface area contributed by atoms with Crippen molar-refractivity contribution < 1.29 is 4.39 Å². The first kappa shape index (κ1) is 9.71. The summed E-state index contributed by atoms with van der Waals surface area (Å²) in [7, 11) is 0. The highest BCUT2D eigenvalue weighted by molar-refractivity contribution is 14.1. The highest BCUT2D eigenvalue weighted by atomic mass is 127. The van der Waals surface area contributed by atoms with E-state index in [-0.39, 0.29) is 11.0 Å². The Hall–Kier alpha value is -0.830. The van der Waals surface area contributed by atoms with E-state index in [9.17, 15) is 4.39 Å². The molecule has 72 valence electrons. The molecule has 2 aromatic rings. The second-order valence-electron chi connectivity index (χ2n) is 2.30. The van der Waals surface area contributed by atoms with Crippen LogP contribution in [0.25, 0.3) is 11.4 Å². The summed E-state index contributed by atoms with van der Waals surface area (Å²) in [5.74, 6) is -0.582. The van der Waals surface area contributed by atoms with Crippen molar-refractivity contribution in [3.05, 3.63) is 21.0 Å². The van der Waals surface area contributed by atoms with Crippen molar-refractivity contribution in [2.75, 3.05) is 0 Å². The Morgan fingerprint density at radius 1 is 1.36 bits per heavy atom. The van der Waals surface area contributed by atoms with Crippen molar-refractivity contribution in [3.63, 3.8) is 0 Å². The van der Waals surface area contributed by atoms with Crippen LogP contribution in [0.5, 0.6) is 0 Å². The van der Waals surface area contributed by atoms with Gasteiger partial charge in [-0.15, -0.1) is 5.10 Å². The number of rotatable bonds is 1. The van der Waals surface area contributed by atoms with Crippen molar-refractivity contribution >= 4 is 34.2 Å². The van der Waals surface area contributed by atoms with Gasteiger partial charge in [-0.1, -0.05) is 0 Å². The quantitative estimate of drug-likeness (QED) is 0.639. The van der Waals surface area contributed by atoms with Crippen LogP contribution < -0.4 is 0 Å². The fourth-order valence-corrected chi connectivity index (χ4v) is 1.50. The van der Waals surface area contributed by atoms with E-state index in [4.69, 9.17) is 11.6 Å². The zero-order chi connectivity index (χ0) is 10.1. The molecule has 2 rings (SSSR count). The third kappa shape index (κ3) is 1.69. The number of aromatic amines is 1. The molecular formula is C6H2ClFIN5. The van der Waals surface area contributed by atoms with Gasteiger partial charge in [0, 0.05) is 0 Å². The zero-order valence-electron chi connectivity index (χ0n) is 6.50. The summed E-state index contributed by atoms with van der Waals surface area (Å²) >= 11 is 7.45. The number of hydrogen-bond acceptors (Lipinski definition) is 4. The first-order valence-electron chi connectivity index (χ1n) is 3.43. The molecule has 0 amide bonds. The summed E-state index contributed by atoms with van der Waals surface area (Å²) in [6, 6.07) is 0. The van der Waals surface area contributed by atoms with Gasteiger partial charge in [-0.25, -0.2) is 14.4 Å². The minimum absolute atomic E-state index is 0.0276. The van der Waals surface area contributed by atoms with Gasteiger partial charge >= 0.3 is 0 Å². The molecule has 0 aromatic carbocycles. The molecule has 0 bridgehead atoms. The van der Waals surface area contributed by atoms with Crippen LogP contribution in [0.1, 0.15) is 0 Å². The molecule has 8 heteroatoms. The topological polar surface area (TPSA) is 67.3 Å². The third-order valence-electron chi connectivity index (χ3n) is 1.44. The minimum atomic E-state index is -0.582. The van der Waals surface area contributed by atoms with Gasteiger partial charge in [0.25, 0.3) is 0 Å². The van der Waals surface area contributed by atoms with Crippen LogP contribution in [0.2, 0.25) is 5.28 Å². The molecule has 5 nitrogen and oxygen atoms in total. The average Bonchev–Trinajstić information content (AvgIpc) is 2.56. The summed E-state index contributed by atoms with van der Waals surface area (Å²) in [6.07, 6.45) is 0.995. The van der Waals surface area contributed by atoms with Gasteiger partial charge in [-0.3, -0.25) is 0 Å². The van der Waals surface area contributed by atoms with E-state index < -0.39 is 5.82 Å². The molecule has 2 heterocycles. The maximum atomic E-state index is 13.2. The molecule has 14 heavy (non-hydrogen) atoms. The molecule has 1 N–H and O–H groups in total. The molecule has 0 saturated heterocycles. The minimum Gasteiger partial charge on any atom is -0.223 e. The largest absolute Gasteiger partial charge is 0.223 e. The van der Waals surface area contributed by atoms with Crippen LogP contribution in [-0.4, -0.2) is 25.4 Å². The molecular weight excluding hydrogens is 323 g/mol. The predicted molar refractivity (Wildman–Crippen MR) is 55.1 cm³/mol. The van der Waals surface area contributed by atoms with Crippen LogP contribution in [0.15, 0.2) is 6.20 Å². The second-order valence-corrected chi connectivity index (χ2v) is 3.66. The van der Waals surface area contributed by atoms with E-state index in [0.717, 1.165) is 6.20 Å². The van der Waals surface area contributed by atoms with Crippen molar-refractivity contribution in [2.24, 2.45) is 0 Å². The number of nitrogens with zero attached hydrogens (tertiary/aromatic N) is 4. The number of aromatic nitrogens is 5. The average molecular weight is 325 g/mol. The molecule has 0 atom stereocenters. The van der Waals surface area contributed by atoms with Crippen molar-refractivity contribution in [2.45, 2.75) is 0 Å². The summed E-state index contributed by atoms with van der Waals surface area (Å²) < 4.78 is 13.8. The van der Waals surface area contributed by atoms with E-state index >= 15 is 0 Å². The summed E-state index contributed by atoms with van der Waals surface area (Å²) in [5, 5.41) is 9.84. The van der Waals surface area contributed by atoms with Gasteiger partial charge in [-0.05, 0) is 34.2 Å². The second kappa shape index (κ2) is 3.73. The Morgan fingerprint density at radius 3 is 2.79 bits per heavy atom. The van der Waals surface area contributed by atoms with Crippen LogP contribution in [-0.2, 0) is 0 Å². The van der Waals surface area contributed by atoms with Gasteiger partial charge in [-0.2, -0.15) is 10.3 Å². The van der Waals surface area contributed by atoms with Gasteiger partial charge in [0.05, 0.1) is 6.20 Å². The van der Waals surface area contributed by atoms with Gasteiger partial charge < -0.3 is 0 Å². The summed E-state index contributed by atoms with van der Waals surface area (Å²) in [6.45, 7) is 0. The normalized spacial score (nSPS) is 10.5. The van der Waals surface area contributed by atoms with Gasteiger partial charge in [0.15, 0.2) is 9.52 Å². The summed E-state index contributed by atoms with van der Waals surface area (Å²) in [4.78, 5) is 7.23. The van der Waals surface area contributed by atoms with Crippen molar-refractivity contribution in [1.82, 2.24) is 25.4 Å². The molecule has 0 radical (unpaired) electrons. The van der Waals surface area contributed by atoms with E-state index in [1.165, 1.54) is 0 Å². The first-order chi connectivity index (χ1) is 6.68. The van der Waals surface area contributed by atoms with Crippen molar-refractivity contribution in [3.8, 4) is 11.4 Å². The van der Waals surface area contributed by atoms with E-state index in [1.807, 2.05) is 22.6 Å². The number of halogens is 3. The lowest BCUT2D eigenvalue weighted by atomic mass is 10.3. The maximum Gasteiger partial charge on any atom is 0.223 e. The molecule has 0 spiro atoms. The highest BCUT2D eigenvalue weighted by Crippen LogP contribution is 2.22. The van der Waals surface area contributed by atoms with Crippen LogP contribution in [0.3, 0.4) is 0 Å². The molecule has 0 unspecified atom stereocenters. The molecule has 0 aliphatic heterocycles. The number of nitrogens with one attached hydrogen (secondary N) is 1. The van der Waals surface area contributed by atoms with Gasteiger partial charge in [0.1, 0.15) is 11.4 Å². The molecule has 2 aromatic heterocycles. The fraction of sp³-hybridized carbons (Fsp3) is 0. The zero-order valence-corrected chi connectivity index (χ0v) is 9.41. The Labute approximate surface area is 96.2 Å². The molecule has 0 aliphatic carbocycles. The smallest absolute Gasteiger partial charge is 0.223 e. The first-order valence-corrected chi connectivity index (χ1v) is 4.89. The number of hydrogen-bond donors (Lipinski definition) is 1. The third-order valence-corrected chi connectivity index (χ3v) is 2.38.